The fourth-order valence-electron chi connectivity index (χ4n) is 2.25. The van der Waals surface area contributed by atoms with Gasteiger partial charge in [-0.2, -0.15) is 0 Å². The molecule has 0 unspecified atom stereocenters. The van der Waals surface area contributed by atoms with Gasteiger partial charge in [0, 0.05) is 22.6 Å². The van der Waals surface area contributed by atoms with E-state index < -0.39 is 11.9 Å². The number of carbonyl (C=O) groups excluding carboxylic acids is 1. The smallest absolute Gasteiger partial charge is 0.304 e. The molecular formula is C20H18O3. The van der Waals surface area contributed by atoms with Crippen LogP contribution in [0.3, 0.4) is 0 Å². The second-order valence-electron chi connectivity index (χ2n) is 5.26. The lowest BCUT2D eigenvalue weighted by atomic mass is 9.92. The summed E-state index contributed by atoms with van der Waals surface area (Å²) >= 11 is 0. The highest BCUT2D eigenvalue weighted by atomic mass is 16.4. The summed E-state index contributed by atoms with van der Waals surface area (Å²) in [4.78, 5) is 23.1. The maximum absolute atomic E-state index is 12.3. The third kappa shape index (κ3) is 4.82. The number of carboxylic acid groups (broad SMARTS) is 1. The zero-order chi connectivity index (χ0) is 16.7. The maximum atomic E-state index is 12.3. The normalized spacial score (nSPS) is 11.2. The Balaban J connectivity index is 2.11. The van der Waals surface area contributed by atoms with E-state index in [0.717, 1.165) is 11.1 Å². The van der Waals surface area contributed by atoms with Crippen LogP contribution in [0.2, 0.25) is 0 Å². The first-order chi connectivity index (χ1) is 11.1. The highest BCUT2D eigenvalue weighted by Gasteiger charge is 2.20. The average molecular weight is 306 g/mol. The van der Waals surface area contributed by atoms with Crippen molar-refractivity contribution in [3.63, 3.8) is 0 Å². The molecule has 0 aliphatic heterocycles. The minimum atomic E-state index is -0.949. The topological polar surface area (TPSA) is 54.4 Å². The summed E-state index contributed by atoms with van der Waals surface area (Å²) in [6, 6.07) is 16.7. The predicted octanol–water partition coefficient (Wildman–Crippen LogP) is 3.77. The minimum absolute atomic E-state index is 0.127. The first-order valence-electron chi connectivity index (χ1n) is 7.53. The molecule has 0 bridgehead atoms. The molecule has 116 valence electrons. The Hall–Kier alpha value is -2.86. The zero-order valence-electron chi connectivity index (χ0n) is 13.0. The molecule has 0 saturated heterocycles. The van der Waals surface area contributed by atoms with Crippen molar-refractivity contribution in [1.29, 1.82) is 0 Å². The number of carboxylic acids is 1. The molecule has 0 spiro atoms. The molecule has 0 aromatic heterocycles. The van der Waals surface area contributed by atoms with E-state index in [4.69, 9.17) is 5.11 Å². The van der Waals surface area contributed by atoms with E-state index in [0.29, 0.717) is 12.0 Å². The summed E-state index contributed by atoms with van der Waals surface area (Å²) in [5, 5.41) is 8.86. The van der Waals surface area contributed by atoms with Crippen molar-refractivity contribution in [2.45, 2.75) is 19.8 Å². The molecular weight excluding hydrogens is 288 g/mol. The molecule has 0 amide bonds. The fraction of sp³-hybridized carbons (Fsp3) is 0.200. The third-order valence-electron chi connectivity index (χ3n) is 3.58. The molecule has 0 saturated carbocycles. The van der Waals surface area contributed by atoms with Gasteiger partial charge in [0.2, 0.25) is 0 Å². The molecule has 0 fully saturated rings. The molecule has 2 aromatic rings. The number of benzene rings is 2. The Morgan fingerprint density at radius 2 is 1.52 bits per heavy atom. The summed E-state index contributed by atoms with van der Waals surface area (Å²) < 4.78 is 0. The molecule has 2 aromatic carbocycles. The van der Waals surface area contributed by atoms with Gasteiger partial charge in [-0.3, -0.25) is 9.59 Å². The summed E-state index contributed by atoms with van der Waals surface area (Å²) in [5.41, 5.74) is 2.28. The van der Waals surface area contributed by atoms with Crippen LogP contribution in [-0.4, -0.2) is 16.9 Å². The molecule has 3 heteroatoms. The molecule has 0 aliphatic carbocycles. The van der Waals surface area contributed by atoms with Crippen LogP contribution < -0.4 is 0 Å². The Labute approximate surface area is 136 Å². The number of hydrogen-bond donors (Lipinski definition) is 1. The van der Waals surface area contributed by atoms with Crippen LogP contribution in [0, 0.1) is 17.8 Å². The highest BCUT2D eigenvalue weighted by molar-refractivity contribution is 5.99. The van der Waals surface area contributed by atoms with Crippen molar-refractivity contribution in [1.82, 2.24) is 0 Å². The maximum Gasteiger partial charge on any atom is 0.304 e. The zero-order valence-corrected chi connectivity index (χ0v) is 13.0. The van der Waals surface area contributed by atoms with Gasteiger partial charge in [0.15, 0.2) is 5.78 Å². The van der Waals surface area contributed by atoms with Crippen LogP contribution in [0.15, 0.2) is 54.6 Å². The van der Waals surface area contributed by atoms with Gasteiger partial charge in [0.1, 0.15) is 0 Å². The van der Waals surface area contributed by atoms with Crippen molar-refractivity contribution >= 4 is 11.8 Å². The second-order valence-corrected chi connectivity index (χ2v) is 5.26. The minimum Gasteiger partial charge on any atom is -0.481 e. The lowest BCUT2D eigenvalue weighted by Gasteiger charge is -2.11. The number of aliphatic carboxylic acids is 1. The van der Waals surface area contributed by atoms with Gasteiger partial charge in [0.25, 0.3) is 0 Å². The number of Topliss-reactive ketones (excluding diaryl/α,β-unsaturated/α-hetero) is 1. The van der Waals surface area contributed by atoms with Crippen molar-refractivity contribution in [3.05, 3.63) is 71.3 Å². The summed E-state index contributed by atoms with van der Waals surface area (Å²) in [6.45, 7) is 1.82. The van der Waals surface area contributed by atoms with Crippen LogP contribution in [0.4, 0.5) is 0 Å². The van der Waals surface area contributed by atoms with Gasteiger partial charge in [-0.05, 0) is 30.7 Å². The summed E-state index contributed by atoms with van der Waals surface area (Å²) in [5.74, 6) is 4.55. The van der Waals surface area contributed by atoms with Crippen LogP contribution in [0.1, 0.15) is 41.3 Å². The van der Waals surface area contributed by atoms with Crippen molar-refractivity contribution in [3.8, 4) is 11.8 Å². The molecule has 2 rings (SSSR count). The van der Waals surface area contributed by atoms with Gasteiger partial charge in [0.05, 0.1) is 6.42 Å². The molecule has 1 N–H and O–H groups in total. The van der Waals surface area contributed by atoms with Gasteiger partial charge >= 0.3 is 5.97 Å². The fourth-order valence-corrected chi connectivity index (χ4v) is 2.25. The molecule has 0 heterocycles. The molecule has 0 radical (unpaired) electrons. The average Bonchev–Trinajstić information content (AvgIpc) is 2.58. The first kappa shape index (κ1) is 16.5. The quantitative estimate of drug-likeness (QED) is 0.676. The van der Waals surface area contributed by atoms with E-state index >= 15 is 0 Å². The molecule has 23 heavy (non-hydrogen) atoms. The van der Waals surface area contributed by atoms with E-state index in [1.807, 2.05) is 37.3 Å². The number of ketones is 1. The van der Waals surface area contributed by atoms with Gasteiger partial charge in [-0.1, -0.05) is 49.1 Å². The second kappa shape index (κ2) is 7.95. The highest BCUT2D eigenvalue weighted by Crippen LogP contribution is 2.16. The van der Waals surface area contributed by atoms with E-state index in [9.17, 15) is 9.59 Å². The molecule has 3 nitrogen and oxygen atoms in total. The number of hydrogen-bond acceptors (Lipinski definition) is 2. The SMILES string of the molecule is CC[C@@H](CC(=O)O)C(=O)c1ccc(C#Cc2ccccc2)cc1. The Bertz CT molecular complexity index is 734. The van der Waals surface area contributed by atoms with E-state index in [1.165, 1.54) is 0 Å². The van der Waals surface area contributed by atoms with Crippen molar-refractivity contribution in [2.75, 3.05) is 0 Å². The van der Waals surface area contributed by atoms with Crippen LogP contribution >= 0.6 is 0 Å². The third-order valence-corrected chi connectivity index (χ3v) is 3.58. The van der Waals surface area contributed by atoms with Gasteiger partial charge < -0.3 is 5.11 Å². The Morgan fingerprint density at radius 1 is 0.957 bits per heavy atom. The predicted molar refractivity (Wildman–Crippen MR) is 89.2 cm³/mol. The van der Waals surface area contributed by atoms with Gasteiger partial charge in [-0.25, -0.2) is 0 Å². The summed E-state index contributed by atoms with van der Waals surface area (Å²) in [7, 11) is 0. The summed E-state index contributed by atoms with van der Waals surface area (Å²) in [6.07, 6.45) is 0.381. The van der Waals surface area contributed by atoms with E-state index in [2.05, 4.69) is 11.8 Å². The van der Waals surface area contributed by atoms with Crippen LogP contribution in [0.25, 0.3) is 0 Å². The van der Waals surface area contributed by atoms with E-state index in [1.54, 1.807) is 24.3 Å². The monoisotopic (exact) mass is 306 g/mol. The van der Waals surface area contributed by atoms with Crippen molar-refractivity contribution < 1.29 is 14.7 Å². The molecule has 1 atom stereocenters. The number of rotatable bonds is 5. The largest absolute Gasteiger partial charge is 0.481 e. The standard InChI is InChI=1S/C20H18O3/c1-2-17(14-19(21)22)20(23)18-12-10-16(11-13-18)9-8-15-6-4-3-5-7-15/h3-7,10-13,17H,2,14H2,1H3,(H,21,22)/t17-/m0/s1. The van der Waals surface area contributed by atoms with Crippen LogP contribution in [0.5, 0.6) is 0 Å². The lowest BCUT2D eigenvalue weighted by molar-refractivity contribution is -0.137. The lowest BCUT2D eigenvalue weighted by Crippen LogP contribution is -2.17. The first-order valence-corrected chi connectivity index (χ1v) is 7.53. The van der Waals surface area contributed by atoms with Crippen molar-refractivity contribution in [2.24, 2.45) is 5.92 Å². The number of carbonyl (C=O) groups is 2. The Kier molecular flexibility index (Phi) is 5.71. The molecule has 0 aliphatic rings. The van der Waals surface area contributed by atoms with Crippen LogP contribution in [-0.2, 0) is 4.79 Å². The van der Waals surface area contributed by atoms with Gasteiger partial charge in [-0.15, -0.1) is 0 Å². The van der Waals surface area contributed by atoms with E-state index in [-0.39, 0.29) is 12.2 Å². The Morgan fingerprint density at radius 3 is 2.04 bits per heavy atom.